The Hall–Kier alpha value is -2.47. The van der Waals surface area contributed by atoms with Crippen molar-refractivity contribution in [1.82, 2.24) is 24.3 Å². The van der Waals surface area contributed by atoms with E-state index in [1.165, 1.54) is 38.8 Å². The maximum Gasteiger partial charge on any atom is 0.353 e. The number of nitrogens with one attached hydrogen (secondary N) is 1. The van der Waals surface area contributed by atoms with Crippen LogP contribution in [-0.2, 0) is 4.79 Å². The van der Waals surface area contributed by atoms with Gasteiger partial charge in [0.05, 0.1) is 5.54 Å². The summed E-state index contributed by atoms with van der Waals surface area (Å²) in [7, 11) is 0. The van der Waals surface area contributed by atoms with Crippen LogP contribution in [0.25, 0.3) is 5.70 Å². The van der Waals surface area contributed by atoms with E-state index in [0.717, 1.165) is 31.5 Å². The number of carbonyl (C=O) groups excluding carboxylic acids is 2. The Morgan fingerprint density at radius 1 is 1.10 bits per heavy atom. The summed E-state index contributed by atoms with van der Waals surface area (Å²) in [6, 6.07) is 1.76. The summed E-state index contributed by atoms with van der Waals surface area (Å²) in [5.74, 6) is 0.711. The van der Waals surface area contributed by atoms with Crippen LogP contribution in [-0.4, -0.2) is 93.6 Å². The van der Waals surface area contributed by atoms with Crippen molar-refractivity contribution < 1.29 is 9.59 Å². The van der Waals surface area contributed by atoms with Crippen molar-refractivity contribution in [1.29, 1.82) is 0 Å². The van der Waals surface area contributed by atoms with Gasteiger partial charge in [0.2, 0.25) is 5.91 Å². The number of aromatic nitrogens is 2. The minimum atomic E-state index is -0.936. The minimum Gasteiger partial charge on any atom is -0.338 e. The lowest BCUT2D eigenvalue weighted by Crippen LogP contribution is -2.58. The quantitative estimate of drug-likeness (QED) is 0.486. The first kappa shape index (κ1) is 30.5. The van der Waals surface area contributed by atoms with Gasteiger partial charge in [-0.1, -0.05) is 6.08 Å². The van der Waals surface area contributed by atoms with Gasteiger partial charge < -0.3 is 26.2 Å². The largest absolute Gasteiger partial charge is 0.353 e. The van der Waals surface area contributed by atoms with E-state index >= 15 is 0 Å². The molecule has 40 heavy (non-hydrogen) atoms. The van der Waals surface area contributed by atoms with E-state index in [2.05, 4.69) is 21.3 Å². The summed E-state index contributed by atoms with van der Waals surface area (Å²) in [5.41, 5.74) is 12.1. The minimum absolute atomic E-state index is 0. The zero-order valence-corrected chi connectivity index (χ0v) is 24.6. The highest BCUT2D eigenvalue weighted by Crippen LogP contribution is 2.48. The number of halogens is 1. The van der Waals surface area contributed by atoms with Crippen molar-refractivity contribution in [2.45, 2.75) is 70.4 Å². The standard InChI is InChI=1S/C28H44N8O3.ClH/c1-27(2,30)24(37)34-13-15-35(16-14-34)25(38)31-23-7-10-36(26(39)32-23)22-5-3-20(4-6-22)19-33-11-8-28(9-12-33)17-21(29)18-28;/h5,7,10,20-21H,3-4,6,8-9,11-19,29-30H2,1-2H3,(H,31,32,38,39);1H. The highest BCUT2D eigenvalue weighted by atomic mass is 35.5. The van der Waals surface area contributed by atoms with Crippen LogP contribution < -0.4 is 22.5 Å². The number of hydrogen-bond acceptors (Lipinski definition) is 7. The van der Waals surface area contributed by atoms with Gasteiger partial charge in [-0.2, -0.15) is 4.98 Å². The number of amides is 3. The first-order valence-corrected chi connectivity index (χ1v) is 14.4. The Bertz CT molecular complexity index is 1150. The third-order valence-corrected chi connectivity index (χ3v) is 9.07. The van der Waals surface area contributed by atoms with Crippen molar-refractivity contribution in [2.75, 3.05) is 51.1 Å². The molecule has 1 saturated carbocycles. The Balaban J connectivity index is 0.00000370. The number of rotatable bonds is 5. The normalized spacial score (nSPS) is 23.7. The van der Waals surface area contributed by atoms with Crippen LogP contribution in [0.2, 0.25) is 0 Å². The number of anilines is 1. The molecule has 1 atom stereocenters. The van der Waals surface area contributed by atoms with Crippen molar-refractivity contribution in [3.05, 3.63) is 28.8 Å². The zero-order chi connectivity index (χ0) is 27.8. The van der Waals surface area contributed by atoms with Gasteiger partial charge in [0.1, 0.15) is 5.82 Å². The number of allylic oxidation sites excluding steroid dienone is 2. The molecule has 5 rings (SSSR count). The number of nitrogens with zero attached hydrogens (tertiary/aromatic N) is 5. The topological polar surface area (TPSA) is 143 Å². The molecule has 3 amide bonds. The Kier molecular flexibility index (Phi) is 9.28. The smallest absolute Gasteiger partial charge is 0.338 e. The summed E-state index contributed by atoms with van der Waals surface area (Å²) >= 11 is 0. The molecule has 12 heteroatoms. The van der Waals surface area contributed by atoms with Gasteiger partial charge >= 0.3 is 11.7 Å². The van der Waals surface area contributed by atoms with E-state index in [-0.39, 0.29) is 30.2 Å². The lowest BCUT2D eigenvalue weighted by atomic mass is 9.60. The number of urea groups is 1. The molecular formula is C28H45ClN8O3. The van der Waals surface area contributed by atoms with Gasteiger partial charge in [-0.05, 0) is 89.3 Å². The molecule has 1 aromatic heterocycles. The van der Waals surface area contributed by atoms with Gasteiger partial charge in [0, 0.05) is 50.7 Å². The van der Waals surface area contributed by atoms with E-state index in [1.807, 2.05) is 0 Å². The van der Waals surface area contributed by atoms with E-state index in [0.29, 0.717) is 43.6 Å². The predicted molar refractivity (Wildman–Crippen MR) is 158 cm³/mol. The lowest BCUT2D eigenvalue weighted by molar-refractivity contribution is -0.137. The molecule has 222 valence electrons. The molecule has 4 aliphatic rings. The Labute approximate surface area is 242 Å². The van der Waals surface area contributed by atoms with Crippen LogP contribution in [0.4, 0.5) is 10.6 Å². The molecule has 5 N–H and O–H groups in total. The fraction of sp³-hybridized carbons (Fsp3) is 0.714. The van der Waals surface area contributed by atoms with E-state index < -0.39 is 11.2 Å². The van der Waals surface area contributed by atoms with Crippen molar-refractivity contribution in [2.24, 2.45) is 22.8 Å². The third-order valence-electron chi connectivity index (χ3n) is 9.07. The van der Waals surface area contributed by atoms with Gasteiger partial charge in [-0.3, -0.25) is 14.7 Å². The van der Waals surface area contributed by atoms with Crippen LogP contribution >= 0.6 is 12.4 Å². The molecule has 1 unspecified atom stereocenters. The maximum absolute atomic E-state index is 12.8. The van der Waals surface area contributed by atoms with Gasteiger partial charge in [-0.25, -0.2) is 9.59 Å². The summed E-state index contributed by atoms with van der Waals surface area (Å²) in [4.78, 5) is 47.9. The molecule has 3 heterocycles. The fourth-order valence-electron chi connectivity index (χ4n) is 6.70. The molecule has 2 saturated heterocycles. The molecule has 0 bridgehead atoms. The summed E-state index contributed by atoms with van der Waals surface area (Å²) in [6.45, 7) is 8.47. The van der Waals surface area contributed by atoms with Crippen molar-refractivity contribution >= 4 is 35.9 Å². The number of hydrogen-bond donors (Lipinski definition) is 3. The van der Waals surface area contributed by atoms with Gasteiger partial charge in [0.25, 0.3) is 0 Å². The second kappa shape index (κ2) is 12.2. The van der Waals surface area contributed by atoms with Crippen molar-refractivity contribution in [3.8, 4) is 0 Å². The summed E-state index contributed by atoms with van der Waals surface area (Å²) < 4.78 is 1.59. The second-order valence-electron chi connectivity index (χ2n) is 12.7. The molecule has 1 spiro atoms. The van der Waals surface area contributed by atoms with Crippen LogP contribution in [0.5, 0.6) is 0 Å². The number of piperazine rings is 1. The highest BCUT2D eigenvalue weighted by Gasteiger charge is 2.44. The summed E-state index contributed by atoms with van der Waals surface area (Å²) in [6.07, 6.45) is 11.7. The Morgan fingerprint density at radius 3 is 2.30 bits per heavy atom. The number of piperidine rings is 1. The molecule has 11 nitrogen and oxygen atoms in total. The monoisotopic (exact) mass is 576 g/mol. The van der Waals surface area contributed by atoms with Crippen LogP contribution in [0, 0.1) is 11.3 Å². The fourth-order valence-corrected chi connectivity index (χ4v) is 6.70. The molecule has 2 aliphatic carbocycles. The third kappa shape index (κ3) is 6.87. The number of likely N-dealkylation sites (tertiary alicyclic amines) is 1. The summed E-state index contributed by atoms with van der Waals surface area (Å²) in [5, 5.41) is 2.73. The lowest BCUT2D eigenvalue weighted by Gasteiger charge is -2.51. The first-order valence-electron chi connectivity index (χ1n) is 14.4. The van der Waals surface area contributed by atoms with Gasteiger partial charge in [0.15, 0.2) is 0 Å². The van der Waals surface area contributed by atoms with E-state index in [4.69, 9.17) is 11.5 Å². The number of nitrogens with two attached hydrogens (primary N) is 2. The molecule has 0 radical (unpaired) electrons. The van der Waals surface area contributed by atoms with Crippen molar-refractivity contribution in [3.63, 3.8) is 0 Å². The SMILES string of the molecule is CC(C)(N)C(=O)N1CCN(C(=O)Nc2ccn(C3=CCC(CN4CCC5(CC4)CC(N)C5)CC3)c(=O)n2)CC1.Cl. The molecule has 0 aromatic carbocycles. The molecule has 2 aliphatic heterocycles. The molecule has 3 fully saturated rings. The average molecular weight is 577 g/mol. The highest BCUT2D eigenvalue weighted by molar-refractivity contribution is 5.89. The maximum atomic E-state index is 12.8. The zero-order valence-electron chi connectivity index (χ0n) is 23.8. The van der Waals surface area contributed by atoms with Crippen LogP contribution in [0.15, 0.2) is 23.1 Å². The van der Waals surface area contributed by atoms with Crippen LogP contribution in [0.1, 0.15) is 58.8 Å². The first-order chi connectivity index (χ1) is 18.5. The second-order valence-corrected chi connectivity index (χ2v) is 12.7. The molecule has 1 aromatic rings. The molecular weight excluding hydrogens is 532 g/mol. The average Bonchev–Trinajstić information content (AvgIpc) is 2.89. The van der Waals surface area contributed by atoms with E-state index in [9.17, 15) is 14.4 Å². The van der Waals surface area contributed by atoms with E-state index in [1.54, 1.807) is 40.5 Å². The number of carbonyl (C=O) groups is 2. The predicted octanol–water partition coefficient (Wildman–Crippen LogP) is 1.92. The van der Waals surface area contributed by atoms with Crippen LogP contribution in [0.3, 0.4) is 0 Å². The van der Waals surface area contributed by atoms with Gasteiger partial charge in [-0.15, -0.1) is 12.4 Å². The Morgan fingerprint density at radius 2 is 1.75 bits per heavy atom.